The smallest absolute Gasteiger partial charge is 0.256 e. The van der Waals surface area contributed by atoms with Crippen LogP contribution < -0.4 is 15.2 Å². The van der Waals surface area contributed by atoms with Crippen molar-refractivity contribution in [3.05, 3.63) is 46.1 Å². The molecule has 0 unspecified atom stereocenters. The van der Waals surface area contributed by atoms with Gasteiger partial charge in [0.2, 0.25) is 5.91 Å². The van der Waals surface area contributed by atoms with Crippen LogP contribution in [0.2, 0.25) is 0 Å². The molecule has 0 aliphatic carbocycles. The minimum atomic E-state index is -0.197. The van der Waals surface area contributed by atoms with Gasteiger partial charge in [0.15, 0.2) is 5.13 Å². The molecule has 0 saturated carbocycles. The van der Waals surface area contributed by atoms with E-state index < -0.39 is 0 Å². The van der Waals surface area contributed by atoms with Gasteiger partial charge in [-0.3, -0.25) is 19.1 Å². The number of aryl methyl sites for hydroxylation is 1. The second kappa shape index (κ2) is 10.7. The van der Waals surface area contributed by atoms with Crippen LogP contribution >= 0.6 is 11.3 Å². The van der Waals surface area contributed by atoms with E-state index in [1.807, 2.05) is 25.1 Å². The van der Waals surface area contributed by atoms with Crippen LogP contribution in [-0.4, -0.2) is 58.1 Å². The van der Waals surface area contributed by atoms with E-state index in [0.717, 1.165) is 23.3 Å². The second-order valence-electron chi connectivity index (χ2n) is 7.49. The fourth-order valence-corrected chi connectivity index (χ4v) is 4.45. The van der Waals surface area contributed by atoms with Crippen LogP contribution in [0.4, 0.5) is 5.13 Å². The third-order valence-electron chi connectivity index (χ3n) is 5.56. The minimum Gasteiger partial charge on any atom is -0.492 e. The molecule has 3 aromatic rings. The number of carbonyl (C=O) groups excluding carboxylic acids is 1. The zero-order valence-electron chi connectivity index (χ0n) is 19.4. The molecule has 9 heteroatoms. The highest BCUT2D eigenvalue weighted by molar-refractivity contribution is 7.22. The van der Waals surface area contributed by atoms with E-state index in [1.54, 1.807) is 18.7 Å². The van der Waals surface area contributed by atoms with Gasteiger partial charge in [0.1, 0.15) is 17.8 Å². The number of hydrogen-bond donors (Lipinski definition) is 0. The Balaban J connectivity index is 1.95. The summed E-state index contributed by atoms with van der Waals surface area (Å²) < 4.78 is 8.04. The van der Waals surface area contributed by atoms with Gasteiger partial charge in [-0.1, -0.05) is 31.3 Å². The lowest BCUT2D eigenvalue weighted by Crippen LogP contribution is -2.41. The lowest BCUT2D eigenvalue weighted by molar-refractivity contribution is -0.119. The molecule has 2 aromatic heterocycles. The molecule has 1 amide bonds. The Kier molecular flexibility index (Phi) is 7.98. The number of aromatic nitrogens is 3. The summed E-state index contributed by atoms with van der Waals surface area (Å²) in [6, 6.07) is 5.79. The molecule has 0 bridgehead atoms. The van der Waals surface area contributed by atoms with E-state index in [4.69, 9.17) is 9.72 Å². The van der Waals surface area contributed by atoms with Gasteiger partial charge in [0, 0.05) is 24.3 Å². The Labute approximate surface area is 192 Å². The van der Waals surface area contributed by atoms with Crippen LogP contribution in [0.5, 0.6) is 5.75 Å². The van der Waals surface area contributed by atoms with Crippen molar-refractivity contribution in [1.82, 2.24) is 19.4 Å². The van der Waals surface area contributed by atoms with Gasteiger partial charge in [0.05, 0.1) is 17.6 Å². The molecule has 1 aromatic carbocycles. The lowest BCUT2D eigenvalue weighted by Gasteiger charge is -2.25. The zero-order valence-corrected chi connectivity index (χ0v) is 20.2. The number of thiazole rings is 1. The largest absolute Gasteiger partial charge is 0.492 e. The van der Waals surface area contributed by atoms with Gasteiger partial charge in [-0.2, -0.15) is 0 Å². The van der Waals surface area contributed by atoms with Crippen LogP contribution in [0.3, 0.4) is 0 Å². The third kappa shape index (κ3) is 5.16. The van der Waals surface area contributed by atoms with E-state index in [2.05, 4.69) is 23.7 Å². The Bertz CT molecular complexity index is 1140. The highest BCUT2D eigenvalue weighted by Crippen LogP contribution is 2.34. The monoisotopic (exact) mass is 457 g/mol. The first-order valence-corrected chi connectivity index (χ1v) is 11.8. The van der Waals surface area contributed by atoms with Crippen molar-refractivity contribution in [2.24, 2.45) is 0 Å². The first-order valence-electron chi connectivity index (χ1n) is 11.0. The van der Waals surface area contributed by atoms with Gasteiger partial charge in [0.25, 0.3) is 5.56 Å². The van der Waals surface area contributed by atoms with E-state index in [9.17, 15) is 9.59 Å². The lowest BCUT2D eigenvalue weighted by atomic mass is 10.3. The Morgan fingerprint density at radius 1 is 1.16 bits per heavy atom. The number of anilines is 1. The van der Waals surface area contributed by atoms with Crippen molar-refractivity contribution in [2.45, 2.75) is 41.2 Å². The van der Waals surface area contributed by atoms with Crippen molar-refractivity contribution >= 4 is 32.6 Å². The number of amides is 1. The molecule has 0 fully saturated rings. The van der Waals surface area contributed by atoms with E-state index in [1.165, 1.54) is 22.2 Å². The molecule has 0 spiro atoms. The molecular formula is C23H31N5O3S. The second-order valence-corrected chi connectivity index (χ2v) is 8.50. The minimum absolute atomic E-state index is 0.0839. The average Bonchev–Trinajstić information content (AvgIpc) is 3.22. The topological polar surface area (TPSA) is 80.6 Å². The van der Waals surface area contributed by atoms with Gasteiger partial charge < -0.3 is 9.64 Å². The SMILES string of the molecule is CCOc1cccc2sc(N(CCN(CC)CC)C(=O)Cn3cnc(C)c(C)c3=O)nc12. The van der Waals surface area contributed by atoms with E-state index in [0.29, 0.717) is 41.8 Å². The predicted molar refractivity (Wildman–Crippen MR) is 129 cm³/mol. The normalized spacial score (nSPS) is 11.3. The van der Waals surface area contributed by atoms with Crippen LogP contribution in [0, 0.1) is 13.8 Å². The summed E-state index contributed by atoms with van der Waals surface area (Å²) in [6.45, 7) is 13.1. The van der Waals surface area contributed by atoms with Crippen LogP contribution in [0.25, 0.3) is 10.2 Å². The van der Waals surface area contributed by atoms with Crippen molar-refractivity contribution in [3.8, 4) is 5.75 Å². The molecular weight excluding hydrogens is 426 g/mol. The number of carbonyl (C=O) groups is 1. The van der Waals surface area contributed by atoms with Crippen LogP contribution in [-0.2, 0) is 11.3 Å². The summed E-state index contributed by atoms with van der Waals surface area (Å²) in [5, 5.41) is 0.606. The summed E-state index contributed by atoms with van der Waals surface area (Å²) >= 11 is 1.45. The molecule has 8 nitrogen and oxygen atoms in total. The first kappa shape index (κ1) is 23.9. The Morgan fingerprint density at radius 2 is 1.91 bits per heavy atom. The molecule has 0 aliphatic heterocycles. The standard InChI is InChI=1S/C23H31N5O3S/c1-6-26(7-2)12-13-28(20(29)14-27-15-24-17(5)16(4)22(27)30)23-25-21-18(31-8-3)10-9-11-19(21)32-23/h9-11,15H,6-8,12-14H2,1-5H3. The molecule has 0 N–H and O–H groups in total. The Hall–Kier alpha value is -2.78. The highest BCUT2D eigenvalue weighted by Gasteiger charge is 2.22. The highest BCUT2D eigenvalue weighted by atomic mass is 32.1. The zero-order chi connectivity index (χ0) is 23.3. The molecule has 32 heavy (non-hydrogen) atoms. The maximum absolute atomic E-state index is 13.4. The first-order chi connectivity index (χ1) is 15.4. The number of benzene rings is 1. The van der Waals surface area contributed by atoms with Gasteiger partial charge in [-0.15, -0.1) is 0 Å². The summed E-state index contributed by atoms with van der Waals surface area (Å²) in [6.07, 6.45) is 1.44. The third-order valence-corrected chi connectivity index (χ3v) is 6.60. The average molecular weight is 458 g/mol. The van der Waals surface area contributed by atoms with E-state index in [-0.39, 0.29) is 18.0 Å². The number of nitrogens with zero attached hydrogens (tertiary/aromatic N) is 5. The fourth-order valence-electron chi connectivity index (χ4n) is 3.43. The van der Waals surface area contributed by atoms with Gasteiger partial charge in [-0.25, -0.2) is 9.97 Å². The number of ether oxygens (including phenoxy) is 1. The summed E-state index contributed by atoms with van der Waals surface area (Å²) in [7, 11) is 0. The van der Waals surface area contributed by atoms with Gasteiger partial charge >= 0.3 is 0 Å². The van der Waals surface area contributed by atoms with Crippen molar-refractivity contribution in [1.29, 1.82) is 0 Å². The maximum atomic E-state index is 13.4. The Morgan fingerprint density at radius 3 is 2.59 bits per heavy atom. The molecule has 172 valence electrons. The van der Waals surface area contributed by atoms with Crippen molar-refractivity contribution in [2.75, 3.05) is 37.7 Å². The molecule has 0 aliphatic rings. The van der Waals surface area contributed by atoms with E-state index >= 15 is 0 Å². The molecule has 0 radical (unpaired) electrons. The van der Waals surface area contributed by atoms with Crippen LogP contribution in [0.15, 0.2) is 29.3 Å². The van der Waals surface area contributed by atoms with Crippen LogP contribution in [0.1, 0.15) is 32.0 Å². The molecule has 2 heterocycles. The quantitative estimate of drug-likeness (QED) is 0.465. The van der Waals surface area contributed by atoms with Gasteiger partial charge in [-0.05, 0) is 46.0 Å². The molecule has 3 rings (SSSR count). The molecule has 0 saturated heterocycles. The number of rotatable bonds is 10. The maximum Gasteiger partial charge on any atom is 0.256 e. The fraction of sp³-hybridized carbons (Fsp3) is 0.478. The summed E-state index contributed by atoms with van der Waals surface area (Å²) in [4.78, 5) is 38.9. The summed E-state index contributed by atoms with van der Waals surface area (Å²) in [5.74, 6) is 0.513. The molecule has 0 atom stereocenters. The van der Waals surface area contributed by atoms with Crippen molar-refractivity contribution in [3.63, 3.8) is 0 Å². The number of fused-ring (bicyclic) bond motifs is 1. The number of para-hydroxylation sites is 1. The predicted octanol–water partition coefficient (Wildman–Crippen LogP) is 3.24. The number of hydrogen-bond acceptors (Lipinski definition) is 7. The summed E-state index contributed by atoms with van der Waals surface area (Å²) in [5.41, 5.74) is 1.78. The van der Waals surface area contributed by atoms with Crippen molar-refractivity contribution < 1.29 is 9.53 Å². The number of likely N-dealkylation sites (N-methyl/N-ethyl adjacent to an activating group) is 1.